The number of anilines is 1. The molecule has 0 atom stereocenters. The summed E-state index contributed by atoms with van der Waals surface area (Å²) in [5.74, 6) is 2.48. The van der Waals surface area contributed by atoms with E-state index in [1.54, 1.807) is 4.90 Å². The van der Waals surface area contributed by atoms with Crippen LogP contribution in [-0.4, -0.2) is 38.7 Å². The molecule has 0 aliphatic heterocycles. The van der Waals surface area contributed by atoms with Crippen molar-refractivity contribution in [2.45, 2.75) is 13.5 Å². The molecule has 6 nitrogen and oxygen atoms in total. The Balaban J connectivity index is 2.58. The lowest BCUT2D eigenvalue weighted by Crippen LogP contribution is -2.34. The van der Waals surface area contributed by atoms with Crippen molar-refractivity contribution in [3.63, 3.8) is 0 Å². The highest BCUT2D eigenvalue weighted by atomic mass is 16.2. The van der Waals surface area contributed by atoms with Crippen LogP contribution in [0.1, 0.15) is 6.92 Å². The van der Waals surface area contributed by atoms with Crippen molar-refractivity contribution in [1.82, 2.24) is 19.7 Å². The lowest BCUT2D eigenvalue weighted by molar-refractivity contribution is -0.131. The van der Waals surface area contributed by atoms with Crippen molar-refractivity contribution in [3.05, 3.63) is 6.33 Å². The first-order chi connectivity index (χ1) is 7.17. The minimum absolute atomic E-state index is 0.0969. The predicted molar refractivity (Wildman–Crippen MR) is 55.5 cm³/mol. The second-order valence-electron chi connectivity index (χ2n) is 2.91. The van der Waals surface area contributed by atoms with Gasteiger partial charge in [-0.15, -0.1) is 11.5 Å². The molecule has 80 valence electrons. The zero-order valence-corrected chi connectivity index (χ0v) is 8.55. The van der Waals surface area contributed by atoms with Crippen LogP contribution in [0.3, 0.4) is 0 Å². The quantitative estimate of drug-likeness (QED) is 0.665. The average Bonchev–Trinajstić information content (AvgIpc) is 2.60. The van der Waals surface area contributed by atoms with Crippen molar-refractivity contribution in [2.75, 3.05) is 18.8 Å². The first kappa shape index (κ1) is 11.0. The van der Waals surface area contributed by atoms with E-state index in [4.69, 9.17) is 12.2 Å². The second kappa shape index (κ2) is 5.00. The molecule has 0 saturated carbocycles. The molecular weight excluding hydrogens is 194 g/mol. The van der Waals surface area contributed by atoms with Gasteiger partial charge < -0.3 is 10.6 Å². The molecule has 0 spiro atoms. The van der Waals surface area contributed by atoms with Crippen LogP contribution < -0.4 is 5.73 Å². The standard InChI is InChI=1S/C9H13N5O/c1-3-5-13(4-2)8(15)6-14-7-11-9(10)12-14/h1,7H,4-6H2,2H3,(H2,10,12). The maximum Gasteiger partial charge on any atom is 0.245 e. The van der Waals surface area contributed by atoms with E-state index in [0.717, 1.165) is 0 Å². The highest BCUT2D eigenvalue weighted by Gasteiger charge is 2.11. The van der Waals surface area contributed by atoms with Gasteiger partial charge in [0.2, 0.25) is 11.9 Å². The van der Waals surface area contributed by atoms with Gasteiger partial charge in [0.05, 0.1) is 6.54 Å². The molecule has 1 rings (SSSR count). The van der Waals surface area contributed by atoms with Gasteiger partial charge in [-0.2, -0.15) is 0 Å². The number of hydrogen-bond acceptors (Lipinski definition) is 4. The number of nitrogens with zero attached hydrogens (tertiary/aromatic N) is 4. The van der Waals surface area contributed by atoms with E-state index >= 15 is 0 Å². The van der Waals surface area contributed by atoms with E-state index in [1.807, 2.05) is 6.92 Å². The van der Waals surface area contributed by atoms with Crippen LogP contribution in [0, 0.1) is 12.3 Å². The zero-order valence-electron chi connectivity index (χ0n) is 8.55. The molecule has 0 bridgehead atoms. The third-order valence-corrected chi connectivity index (χ3v) is 1.87. The Hall–Kier alpha value is -2.03. The zero-order chi connectivity index (χ0) is 11.3. The molecular formula is C9H13N5O. The number of aromatic nitrogens is 3. The van der Waals surface area contributed by atoms with Crippen LogP contribution in [0.15, 0.2) is 6.33 Å². The number of amides is 1. The van der Waals surface area contributed by atoms with Gasteiger partial charge in [-0.3, -0.25) is 4.79 Å². The van der Waals surface area contributed by atoms with Crippen LogP contribution in [0.5, 0.6) is 0 Å². The van der Waals surface area contributed by atoms with Gasteiger partial charge in [0.1, 0.15) is 12.9 Å². The first-order valence-corrected chi connectivity index (χ1v) is 4.53. The number of likely N-dealkylation sites (N-methyl/N-ethyl adjacent to an activating group) is 1. The molecule has 2 N–H and O–H groups in total. The Morgan fingerprint density at radius 3 is 3.00 bits per heavy atom. The fraction of sp³-hybridized carbons (Fsp3) is 0.444. The summed E-state index contributed by atoms with van der Waals surface area (Å²) in [6.45, 7) is 2.86. The van der Waals surface area contributed by atoms with Crippen molar-refractivity contribution in [2.24, 2.45) is 0 Å². The average molecular weight is 207 g/mol. The molecule has 6 heteroatoms. The normalized spacial score (nSPS) is 9.60. The Morgan fingerprint density at radius 1 is 1.80 bits per heavy atom. The van der Waals surface area contributed by atoms with Crippen LogP contribution in [0.2, 0.25) is 0 Å². The van der Waals surface area contributed by atoms with Crippen LogP contribution in [0.25, 0.3) is 0 Å². The first-order valence-electron chi connectivity index (χ1n) is 4.53. The highest BCUT2D eigenvalue weighted by molar-refractivity contribution is 5.76. The Bertz CT molecular complexity index is 378. The molecule has 15 heavy (non-hydrogen) atoms. The van der Waals surface area contributed by atoms with Gasteiger partial charge in [0.15, 0.2) is 0 Å². The Morgan fingerprint density at radius 2 is 2.53 bits per heavy atom. The van der Waals surface area contributed by atoms with Gasteiger partial charge in [-0.05, 0) is 6.92 Å². The van der Waals surface area contributed by atoms with Crippen molar-refractivity contribution < 1.29 is 4.79 Å². The molecule has 0 unspecified atom stereocenters. The van der Waals surface area contributed by atoms with Gasteiger partial charge in [-0.25, -0.2) is 9.67 Å². The maximum absolute atomic E-state index is 11.6. The third-order valence-electron chi connectivity index (χ3n) is 1.87. The molecule has 1 heterocycles. The molecule has 0 saturated heterocycles. The maximum atomic E-state index is 11.6. The van der Waals surface area contributed by atoms with Gasteiger partial charge in [0.25, 0.3) is 0 Å². The molecule has 0 aliphatic rings. The smallest absolute Gasteiger partial charge is 0.245 e. The molecule has 0 aliphatic carbocycles. The Kier molecular flexibility index (Phi) is 3.68. The third kappa shape index (κ3) is 2.98. The summed E-state index contributed by atoms with van der Waals surface area (Å²) in [6, 6.07) is 0. The summed E-state index contributed by atoms with van der Waals surface area (Å²) in [4.78, 5) is 16.9. The predicted octanol–water partition coefficient (Wildman–Crippen LogP) is -0.658. The van der Waals surface area contributed by atoms with Gasteiger partial charge >= 0.3 is 0 Å². The number of hydrogen-bond donors (Lipinski definition) is 1. The molecule has 0 aromatic carbocycles. The Labute approximate surface area is 88.1 Å². The summed E-state index contributed by atoms with van der Waals surface area (Å²) >= 11 is 0. The van der Waals surface area contributed by atoms with E-state index in [-0.39, 0.29) is 18.4 Å². The van der Waals surface area contributed by atoms with Crippen molar-refractivity contribution in [3.8, 4) is 12.3 Å². The fourth-order valence-corrected chi connectivity index (χ4v) is 1.11. The summed E-state index contributed by atoms with van der Waals surface area (Å²) in [7, 11) is 0. The fourth-order valence-electron chi connectivity index (χ4n) is 1.11. The molecule has 1 aromatic rings. The number of carbonyl (C=O) groups is 1. The number of nitrogen functional groups attached to an aromatic ring is 1. The van der Waals surface area contributed by atoms with Crippen molar-refractivity contribution >= 4 is 11.9 Å². The summed E-state index contributed by atoms with van der Waals surface area (Å²) in [6.07, 6.45) is 6.56. The largest absolute Gasteiger partial charge is 0.367 e. The molecule has 0 fully saturated rings. The lowest BCUT2D eigenvalue weighted by atomic mass is 10.4. The van der Waals surface area contributed by atoms with Gasteiger partial charge in [0, 0.05) is 6.54 Å². The van der Waals surface area contributed by atoms with E-state index in [0.29, 0.717) is 13.1 Å². The number of nitrogens with two attached hydrogens (primary N) is 1. The molecule has 0 radical (unpaired) electrons. The second-order valence-corrected chi connectivity index (χ2v) is 2.91. The van der Waals surface area contributed by atoms with Crippen LogP contribution >= 0.6 is 0 Å². The topological polar surface area (TPSA) is 77.0 Å². The van der Waals surface area contributed by atoms with E-state index in [2.05, 4.69) is 16.0 Å². The minimum Gasteiger partial charge on any atom is -0.367 e. The number of terminal acetylenes is 1. The molecule has 1 aromatic heterocycles. The minimum atomic E-state index is -0.0969. The summed E-state index contributed by atoms with van der Waals surface area (Å²) in [5.41, 5.74) is 5.32. The highest BCUT2D eigenvalue weighted by Crippen LogP contribution is 1.94. The molecule has 1 amide bonds. The number of carbonyl (C=O) groups excluding carboxylic acids is 1. The SMILES string of the molecule is C#CCN(CC)C(=O)Cn1cnc(N)n1. The summed E-state index contributed by atoms with van der Waals surface area (Å²) < 4.78 is 1.39. The van der Waals surface area contributed by atoms with E-state index in [1.165, 1.54) is 11.0 Å². The van der Waals surface area contributed by atoms with Crippen LogP contribution in [-0.2, 0) is 11.3 Å². The van der Waals surface area contributed by atoms with Crippen LogP contribution in [0.4, 0.5) is 5.95 Å². The van der Waals surface area contributed by atoms with Gasteiger partial charge in [-0.1, -0.05) is 5.92 Å². The van der Waals surface area contributed by atoms with Crippen molar-refractivity contribution in [1.29, 1.82) is 0 Å². The van der Waals surface area contributed by atoms with E-state index < -0.39 is 0 Å². The van der Waals surface area contributed by atoms with E-state index in [9.17, 15) is 4.79 Å². The number of rotatable bonds is 4. The summed E-state index contributed by atoms with van der Waals surface area (Å²) in [5, 5.41) is 3.81. The monoisotopic (exact) mass is 207 g/mol. The lowest BCUT2D eigenvalue weighted by Gasteiger charge is -2.17.